The quantitative estimate of drug-likeness (QED) is 0.802. The van der Waals surface area contributed by atoms with E-state index in [0.29, 0.717) is 24.6 Å². The van der Waals surface area contributed by atoms with Gasteiger partial charge in [0.25, 0.3) is 5.91 Å². The number of likely N-dealkylation sites (tertiary alicyclic amines) is 1. The molecule has 0 radical (unpaired) electrons. The third kappa shape index (κ3) is 4.76. The van der Waals surface area contributed by atoms with Crippen LogP contribution >= 0.6 is 0 Å². The molecule has 2 heterocycles. The van der Waals surface area contributed by atoms with Gasteiger partial charge >= 0.3 is 0 Å². The molecule has 6 heteroatoms. The minimum Gasteiger partial charge on any atom is -0.343 e. The summed E-state index contributed by atoms with van der Waals surface area (Å²) in [5.74, 6) is 0.684. The molecule has 1 atom stereocenters. The molecule has 0 saturated carbocycles. The smallest absolute Gasteiger partial charge is 0.274 e. The van der Waals surface area contributed by atoms with E-state index in [9.17, 15) is 9.59 Å². The zero-order valence-electron chi connectivity index (χ0n) is 14.9. The largest absolute Gasteiger partial charge is 0.343 e. The van der Waals surface area contributed by atoms with Gasteiger partial charge < -0.3 is 9.80 Å². The second-order valence-corrected chi connectivity index (χ2v) is 6.66. The Morgan fingerprint density at radius 3 is 2.62 bits per heavy atom. The van der Waals surface area contributed by atoms with Crippen LogP contribution < -0.4 is 0 Å². The van der Waals surface area contributed by atoms with Crippen LogP contribution in [0.4, 0.5) is 0 Å². The van der Waals surface area contributed by atoms with Crippen LogP contribution in [0.15, 0.2) is 18.6 Å². The van der Waals surface area contributed by atoms with Gasteiger partial charge in [-0.15, -0.1) is 0 Å². The fourth-order valence-electron chi connectivity index (χ4n) is 2.93. The molecule has 24 heavy (non-hydrogen) atoms. The molecule has 2 amide bonds. The van der Waals surface area contributed by atoms with Gasteiger partial charge in [-0.05, 0) is 32.1 Å². The molecule has 1 aliphatic heterocycles. The molecule has 1 aromatic heterocycles. The number of aromatic nitrogens is 2. The zero-order valence-corrected chi connectivity index (χ0v) is 14.9. The molecule has 1 fully saturated rings. The zero-order chi connectivity index (χ0) is 17.5. The van der Waals surface area contributed by atoms with Gasteiger partial charge in [0, 0.05) is 44.5 Å². The Morgan fingerprint density at radius 1 is 1.33 bits per heavy atom. The van der Waals surface area contributed by atoms with E-state index in [1.165, 1.54) is 12.4 Å². The van der Waals surface area contributed by atoms with Crippen molar-refractivity contribution in [2.45, 2.75) is 52.5 Å². The molecule has 2 rings (SSSR count). The number of rotatable bonds is 6. The summed E-state index contributed by atoms with van der Waals surface area (Å²) in [5, 5.41) is 0. The molecule has 1 aliphatic rings. The predicted molar refractivity (Wildman–Crippen MR) is 92.4 cm³/mol. The topological polar surface area (TPSA) is 66.4 Å². The second-order valence-electron chi connectivity index (χ2n) is 6.66. The second kappa shape index (κ2) is 8.76. The molecular weight excluding hydrogens is 304 g/mol. The molecule has 6 nitrogen and oxygen atoms in total. The minimum absolute atomic E-state index is 0.0636. The average Bonchev–Trinajstić information content (AvgIpc) is 2.62. The Bertz CT molecular complexity index is 541. The number of piperidine rings is 1. The molecular formula is C18H28N4O2. The molecule has 1 aromatic rings. The summed E-state index contributed by atoms with van der Waals surface area (Å²) in [6.07, 6.45) is 7.88. The Hall–Kier alpha value is -1.98. The van der Waals surface area contributed by atoms with Crippen LogP contribution in [0.1, 0.15) is 56.9 Å². The van der Waals surface area contributed by atoms with Gasteiger partial charge in [-0.1, -0.05) is 13.8 Å². The summed E-state index contributed by atoms with van der Waals surface area (Å²) >= 11 is 0. The van der Waals surface area contributed by atoms with Crippen LogP contribution in [0.2, 0.25) is 0 Å². The Labute approximate surface area is 144 Å². The van der Waals surface area contributed by atoms with E-state index in [1.54, 1.807) is 11.1 Å². The third-order valence-electron chi connectivity index (χ3n) is 4.87. The highest BCUT2D eigenvalue weighted by molar-refractivity contribution is 5.92. The number of nitrogens with zero attached hydrogens (tertiary/aromatic N) is 4. The number of amides is 2. The predicted octanol–water partition coefficient (Wildman–Crippen LogP) is 2.37. The first-order valence-electron chi connectivity index (χ1n) is 8.87. The highest BCUT2D eigenvalue weighted by atomic mass is 16.2. The maximum absolute atomic E-state index is 12.7. The van der Waals surface area contributed by atoms with Crippen molar-refractivity contribution >= 4 is 11.8 Å². The van der Waals surface area contributed by atoms with Gasteiger partial charge in [0.05, 0.1) is 6.20 Å². The molecule has 1 saturated heterocycles. The van der Waals surface area contributed by atoms with E-state index in [0.717, 1.165) is 32.4 Å². The molecule has 0 aliphatic carbocycles. The van der Waals surface area contributed by atoms with Crippen LogP contribution in [0.3, 0.4) is 0 Å². The van der Waals surface area contributed by atoms with Crippen LogP contribution in [0, 0.1) is 5.92 Å². The van der Waals surface area contributed by atoms with Crippen molar-refractivity contribution in [3.05, 3.63) is 24.3 Å². The van der Waals surface area contributed by atoms with E-state index in [-0.39, 0.29) is 17.9 Å². The first-order chi connectivity index (χ1) is 11.5. The van der Waals surface area contributed by atoms with E-state index >= 15 is 0 Å². The van der Waals surface area contributed by atoms with Crippen molar-refractivity contribution in [3.63, 3.8) is 0 Å². The highest BCUT2D eigenvalue weighted by Crippen LogP contribution is 2.17. The highest BCUT2D eigenvalue weighted by Gasteiger charge is 2.25. The maximum atomic E-state index is 12.7. The maximum Gasteiger partial charge on any atom is 0.274 e. The first kappa shape index (κ1) is 18.4. The van der Waals surface area contributed by atoms with Gasteiger partial charge in [-0.3, -0.25) is 14.6 Å². The monoisotopic (exact) mass is 332 g/mol. The van der Waals surface area contributed by atoms with Crippen LogP contribution in [0.25, 0.3) is 0 Å². The summed E-state index contributed by atoms with van der Waals surface area (Å²) in [6, 6.07) is 0.0636. The number of carbonyl (C=O) groups excluding carboxylic acids is 2. The molecule has 0 aromatic carbocycles. The van der Waals surface area contributed by atoms with Crippen molar-refractivity contribution in [3.8, 4) is 0 Å². The molecule has 132 valence electrons. The number of hydrogen-bond donors (Lipinski definition) is 0. The number of hydrogen-bond acceptors (Lipinski definition) is 4. The summed E-state index contributed by atoms with van der Waals surface area (Å²) in [7, 11) is 0. The van der Waals surface area contributed by atoms with Gasteiger partial charge in [-0.25, -0.2) is 4.98 Å². The lowest BCUT2D eigenvalue weighted by molar-refractivity contribution is -0.132. The SMILES string of the molecule is CC[C@@H](C)N(CCC(=O)N1CCC(C)CC1)C(=O)c1cnccn1. The Morgan fingerprint density at radius 2 is 2.04 bits per heavy atom. The fourth-order valence-corrected chi connectivity index (χ4v) is 2.93. The lowest BCUT2D eigenvalue weighted by Gasteiger charge is -2.32. The Balaban J connectivity index is 1.96. The Kier molecular flexibility index (Phi) is 6.70. The summed E-state index contributed by atoms with van der Waals surface area (Å²) < 4.78 is 0. The first-order valence-corrected chi connectivity index (χ1v) is 8.87. The van der Waals surface area contributed by atoms with Gasteiger partial charge in [-0.2, -0.15) is 0 Å². The van der Waals surface area contributed by atoms with Crippen LogP contribution in [0.5, 0.6) is 0 Å². The molecule has 0 N–H and O–H groups in total. The average molecular weight is 332 g/mol. The van der Waals surface area contributed by atoms with E-state index < -0.39 is 0 Å². The van der Waals surface area contributed by atoms with Crippen molar-refractivity contribution in [1.82, 2.24) is 19.8 Å². The summed E-state index contributed by atoms with van der Waals surface area (Å²) in [6.45, 7) is 8.36. The lowest BCUT2D eigenvalue weighted by Crippen LogP contribution is -2.43. The van der Waals surface area contributed by atoms with Gasteiger partial charge in [0.15, 0.2) is 0 Å². The minimum atomic E-state index is -0.155. The van der Waals surface area contributed by atoms with E-state index in [4.69, 9.17) is 0 Å². The summed E-state index contributed by atoms with van der Waals surface area (Å²) in [4.78, 5) is 36.8. The fraction of sp³-hybridized carbons (Fsp3) is 0.667. The standard InChI is InChI=1S/C18H28N4O2/c1-4-15(3)22(18(24)16-13-19-8-9-20-16)12-7-17(23)21-10-5-14(2)6-11-21/h8-9,13-15H,4-7,10-12H2,1-3H3/t15-/m1/s1. The van der Waals surface area contributed by atoms with E-state index in [2.05, 4.69) is 16.9 Å². The lowest BCUT2D eigenvalue weighted by atomic mass is 9.99. The molecule has 0 unspecified atom stereocenters. The van der Waals surface area contributed by atoms with Crippen LogP contribution in [-0.2, 0) is 4.79 Å². The van der Waals surface area contributed by atoms with Crippen molar-refractivity contribution in [2.24, 2.45) is 5.92 Å². The molecule has 0 spiro atoms. The van der Waals surface area contributed by atoms with Crippen molar-refractivity contribution in [1.29, 1.82) is 0 Å². The van der Waals surface area contributed by atoms with Crippen molar-refractivity contribution in [2.75, 3.05) is 19.6 Å². The van der Waals surface area contributed by atoms with Gasteiger partial charge in [0.1, 0.15) is 5.69 Å². The third-order valence-corrected chi connectivity index (χ3v) is 4.87. The van der Waals surface area contributed by atoms with E-state index in [1.807, 2.05) is 18.7 Å². The summed E-state index contributed by atoms with van der Waals surface area (Å²) in [5.41, 5.74) is 0.331. The normalized spacial score (nSPS) is 16.7. The van der Waals surface area contributed by atoms with Gasteiger partial charge in [0.2, 0.25) is 5.91 Å². The molecule has 0 bridgehead atoms. The van der Waals surface area contributed by atoms with Crippen LogP contribution in [-0.4, -0.2) is 57.3 Å². The van der Waals surface area contributed by atoms with Crippen molar-refractivity contribution < 1.29 is 9.59 Å². The number of carbonyl (C=O) groups is 2.